The van der Waals surface area contributed by atoms with Crippen LogP contribution in [0.5, 0.6) is 0 Å². The van der Waals surface area contributed by atoms with Gasteiger partial charge in [-0.05, 0) is 34.2 Å². The molecule has 4 nitrogen and oxygen atoms in total. The number of urea groups is 1. The zero-order valence-electron chi connectivity index (χ0n) is 19.2. The van der Waals surface area contributed by atoms with Crippen molar-refractivity contribution in [3.05, 3.63) is 89.5 Å². The second-order valence-corrected chi connectivity index (χ2v) is 10.0. The van der Waals surface area contributed by atoms with Gasteiger partial charge in [-0.2, -0.15) is 0 Å². The Morgan fingerprint density at radius 3 is 1.91 bits per heavy atom. The van der Waals surface area contributed by atoms with Crippen LogP contribution < -0.4 is 10.2 Å². The number of nitrogens with one attached hydrogen (secondary N) is 2. The van der Waals surface area contributed by atoms with Crippen molar-refractivity contribution >= 4 is 11.7 Å². The lowest BCUT2D eigenvalue weighted by Crippen LogP contribution is -3.15. The number of nitrogens with zero attached hydrogens (tertiary/aromatic N) is 1. The van der Waals surface area contributed by atoms with E-state index in [1.165, 1.54) is 27.8 Å². The Morgan fingerprint density at radius 2 is 1.38 bits per heavy atom. The summed E-state index contributed by atoms with van der Waals surface area (Å²) in [5.41, 5.74) is 7.79. The van der Waals surface area contributed by atoms with Crippen LogP contribution >= 0.6 is 0 Å². The van der Waals surface area contributed by atoms with Crippen molar-refractivity contribution in [1.82, 2.24) is 4.90 Å². The molecule has 0 spiro atoms. The molecule has 4 heteroatoms. The van der Waals surface area contributed by atoms with Gasteiger partial charge in [-0.1, -0.05) is 81.4 Å². The molecule has 0 atom stereocenters. The lowest BCUT2D eigenvalue weighted by Gasteiger charge is -2.36. The van der Waals surface area contributed by atoms with Gasteiger partial charge in [0.15, 0.2) is 0 Å². The quantitative estimate of drug-likeness (QED) is 0.623. The van der Waals surface area contributed by atoms with Crippen molar-refractivity contribution in [1.29, 1.82) is 0 Å². The van der Waals surface area contributed by atoms with E-state index in [4.69, 9.17) is 0 Å². The van der Waals surface area contributed by atoms with Crippen molar-refractivity contribution in [3.8, 4) is 11.1 Å². The summed E-state index contributed by atoms with van der Waals surface area (Å²) < 4.78 is 0. The molecule has 164 valence electrons. The molecule has 0 bridgehead atoms. The van der Waals surface area contributed by atoms with E-state index >= 15 is 0 Å². The first-order chi connectivity index (χ1) is 15.4. The average Bonchev–Trinajstić information content (AvgIpc) is 3.13. The van der Waals surface area contributed by atoms with Gasteiger partial charge in [-0.15, -0.1) is 0 Å². The summed E-state index contributed by atoms with van der Waals surface area (Å²) in [6, 6.07) is 26.1. The van der Waals surface area contributed by atoms with Crippen molar-refractivity contribution in [2.75, 3.05) is 31.5 Å². The van der Waals surface area contributed by atoms with Gasteiger partial charge in [0.05, 0.1) is 26.2 Å². The van der Waals surface area contributed by atoms with Crippen LogP contribution in [0.2, 0.25) is 0 Å². The SMILES string of the molecule is CC(C)(C)c1ccc(NC(=O)N2CC[NH+](C3c4ccccc4-c4ccccc43)CC2)cc1. The molecule has 1 aliphatic heterocycles. The largest absolute Gasteiger partial charge is 0.322 e. The molecule has 1 fully saturated rings. The Hall–Kier alpha value is -3.11. The fourth-order valence-corrected chi connectivity index (χ4v) is 5.14. The maximum absolute atomic E-state index is 12.9. The number of carbonyl (C=O) groups is 1. The number of hydrogen-bond acceptors (Lipinski definition) is 1. The lowest BCUT2D eigenvalue weighted by molar-refractivity contribution is -0.928. The summed E-state index contributed by atoms with van der Waals surface area (Å²) in [5, 5.41) is 3.08. The minimum absolute atomic E-state index is 0.000203. The predicted molar refractivity (Wildman–Crippen MR) is 130 cm³/mol. The van der Waals surface area contributed by atoms with E-state index in [-0.39, 0.29) is 11.4 Å². The predicted octanol–water partition coefficient (Wildman–Crippen LogP) is 4.49. The molecule has 0 aromatic heterocycles. The normalized spacial score (nSPS) is 16.5. The Kier molecular flexibility index (Phi) is 5.26. The first-order valence-electron chi connectivity index (χ1n) is 11.6. The first kappa shape index (κ1) is 20.8. The molecule has 5 rings (SSSR count). The third kappa shape index (κ3) is 3.80. The fraction of sp³-hybridized carbons (Fsp3) is 0.321. The number of amides is 2. The van der Waals surface area contributed by atoms with Gasteiger partial charge in [0.1, 0.15) is 6.04 Å². The van der Waals surface area contributed by atoms with Gasteiger partial charge in [-0.3, -0.25) is 0 Å². The second-order valence-electron chi connectivity index (χ2n) is 10.0. The lowest BCUT2D eigenvalue weighted by atomic mass is 9.87. The number of piperazine rings is 1. The van der Waals surface area contributed by atoms with Crippen molar-refractivity contribution in [3.63, 3.8) is 0 Å². The van der Waals surface area contributed by atoms with E-state index in [9.17, 15) is 4.79 Å². The molecule has 3 aromatic rings. The van der Waals surface area contributed by atoms with Gasteiger partial charge < -0.3 is 15.1 Å². The van der Waals surface area contributed by atoms with Crippen LogP contribution in [-0.4, -0.2) is 37.1 Å². The Morgan fingerprint density at radius 1 is 0.844 bits per heavy atom. The second kappa shape index (κ2) is 8.10. The molecular formula is C28H32N3O+. The van der Waals surface area contributed by atoms with E-state index in [2.05, 4.69) is 86.8 Å². The molecule has 32 heavy (non-hydrogen) atoms. The third-order valence-corrected chi connectivity index (χ3v) is 6.94. The van der Waals surface area contributed by atoms with E-state index in [1.54, 1.807) is 4.90 Å². The number of hydrogen-bond donors (Lipinski definition) is 2. The number of anilines is 1. The Labute approximate surface area is 190 Å². The zero-order chi connectivity index (χ0) is 22.3. The van der Waals surface area contributed by atoms with E-state index in [0.717, 1.165) is 31.9 Å². The van der Waals surface area contributed by atoms with Gasteiger partial charge in [0, 0.05) is 16.8 Å². The molecule has 0 radical (unpaired) electrons. The Balaban J connectivity index is 1.25. The summed E-state index contributed by atoms with van der Waals surface area (Å²) >= 11 is 0. The van der Waals surface area contributed by atoms with Gasteiger partial charge in [-0.25, -0.2) is 4.79 Å². The summed E-state index contributed by atoms with van der Waals surface area (Å²) in [6.07, 6.45) is 0. The minimum atomic E-state index is -0.000203. The van der Waals surface area contributed by atoms with Gasteiger partial charge >= 0.3 is 6.03 Å². The Bertz CT molecular complexity index is 1080. The van der Waals surface area contributed by atoms with Crippen molar-refractivity contribution in [2.24, 2.45) is 0 Å². The third-order valence-electron chi connectivity index (χ3n) is 6.94. The summed E-state index contributed by atoms with van der Waals surface area (Å²) in [6.45, 7) is 10.0. The fourth-order valence-electron chi connectivity index (χ4n) is 5.14. The van der Waals surface area contributed by atoms with Crippen LogP contribution in [0, 0.1) is 0 Å². The first-order valence-corrected chi connectivity index (χ1v) is 11.6. The van der Waals surface area contributed by atoms with Crippen molar-refractivity contribution in [2.45, 2.75) is 32.2 Å². The molecular weight excluding hydrogens is 394 g/mol. The topological polar surface area (TPSA) is 36.8 Å². The summed E-state index contributed by atoms with van der Waals surface area (Å²) in [4.78, 5) is 16.4. The standard InChI is InChI=1S/C28H31N3O/c1-28(2,3)20-12-14-21(15-13-20)29-27(32)31-18-16-30(17-19-31)26-24-10-6-4-8-22(24)23-9-5-7-11-25(23)26/h4-15,26H,16-19H2,1-3H3,(H,29,32)/p+1. The van der Waals surface area contributed by atoms with E-state index < -0.39 is 0 Å². The van der Waals surface area contributed by atoms with E-state index in [1.807, 2.05) is 17.0 Å². The van der Waals surface area contributed by atoms with Gasteiger partial charge in [0.2, 0.25) is 0 Å². The molecule has 2 N–H and O–H groups in total. The average molecular weight is 427 g/mol. The highest BCUT2D eigenvalue weighted by Crippen LogP contribution is 2.41. The van der Waals surface area contributed by atoms with E-state index in [0.29, 0.717) is 6.04 Å². The molecule has 2 amide bonds. The zero-order valence-corrected chi connectivity index (χ0v) is 19.2. The highest BCUT2D eigenvalue weighted by Gasteiger charge is 2.38. The number of rotatable bonds is 2. The highest BCUT2D eigenvalue weighted by atomic mass is 16.2. The van der Waals surface area contributed by atoms with Crippen LogP contribution in [0.25, 0.3) is 11.1 Å². The van der Waals surface area contributed by atoms with Crippen LogP contribution in [0.3, 0.4) is 0 Å². The minimum Gasteiger partial charge on any atom is -0.322 e. The highest BCUT2D eigenvalue weighted by molar-refractivity contribution is 5.89. The molecule has 1 aliphatic carbocycles. The van der Waals surface area contributed by atoms with Crippen LogP contribution in [0.1, 0.15) is 43.5 Å². The molecule has 2 aliphatic rings. The molecule has 0 saturated carbocycles. The number of carbonyl (C=O) groups excluding carboxylic acids is 1. The summed E-state index contributed by atoms with van der Waals surface area (Å²) in [5.74, 6) is 0. The van der Waals surface area contributed by atoms with Crippen molar-refractivity contribution < 1.29 is 9.69 Å². The summed E-state index contributed by atoms with van der Waals surface area (Å²) in [7, 11) is 0. The van der Waals surface area contributed by atoms with Gasteiger partial charge in [0.25, 0.3) is 0 Å². The van der Waals surface area contributed by atoms with Crippen LogP contribution in [-0.2, 0) is 5.41 Å². The molecule has 0 unspecified atom stereocenters. The monoisotopic (exact) mass is 426 g/mol. The number of quaternary nitrogens is 1. The maximum atomic E-state index is 12.9. The molecule has 1 heterocycles. The smallest absolute Gasteiger partial charge is 0.322 e. The number of benzene rings is 3. The molecule has 3 aromatic carbocycles. The molecule has 1 saturated heterocycles. The van der Waals surface area contributed by atoms with Crippen LogP contribution in [0.15, 0.2) is 72.8 Å². The van der Waals surface area contributed by atoms with Crippen LogP contribution in [0.4, 0.5) is 10.5 Å². The maximum Gasteiger partial charge on any atom is 0.322 e. The number of fused-ring (bicyclic) bond motifs is 3.